The molecule has 2 N–H and O–H groups in total. The second-order valence-electron chi connectivity index (χ2n) is 5.43. The lowest BCUT2D eigenvalue weighted by Gasteiger charge is -2.17. The van der Waals surface area contributed by atoms with Gasteiger partial charge in [0, 0.05) is 6.54 Å². The number of carbonyl (C=O) groups excluding carboxylic acids is 1. The number of hydrogen-bond donors (Lipinski definition) is 1. The minimum atomic E-state index is -0.142. The zero-order valence-corrected chi connectivity index (χ0v) is 13.0. The van der Waals surface area contributed by atoms with Gasteiger partial charge < -0.3 is 10.5 Å². The Kier molecular flexibility index (Phi) is 13.4. The molecule has 3 heteroatoms. The third-order valence-electron chi connectivity index (χ3n) is 3.51. The third-order valence-corrected chi connectivity index (χ3v) is 3.51. The summed E-state index contributed by atoms with van der Waals surface area (Å²) in [6.07, 6.45) is 11.7. The minimum absolute atomic E-state index is 0.142. The summed E-state index contributed by atoms with van der Waals surface area (Å²) in [6.45, 7) is 5.43. The van der Waals surface area contributed by atoms with Crippen LogP contribution in [0.5, 0.6) is 0 Å². The van der Waals surface area contributed by atoms with Gasteiger partial charge in [-0.3, -0.25) is 4.79 Å². The lowest BCUT2D eigenvalue weighted by molar-refractivity contribution is -0.144. The van der Waals surface area contributed by atoms with E-state index >= 15 is 0 Å². The van der Waals surface area contributed by atoms with Gasteiger partial charge >= 0.3 is 5.97 Å². The van der Waals surface area contributed by atoms with Gasteiger partial charge in [0.25, 0.3) is 0 Å². The largest absolute Gasteiger partial charge is 0.465 e. The molecule has 0 heterocycles. The number of nitrogens with two attached hydrogens (primary N) is 1. The first-order valence-corrected chi connectivity index (χ1v) is 8.10. The lowest BCUT2D eigenvalue weighted by atomic mass is 9.95. The first-order valence-electron chi connectivity index (χ1n) is 8.10. The van der Waals surface area contributed by atoms with Crippen molar-refractivity contribution >= 4 is 5.97 Å². The molecule has 114 valence electrons. The Hall–Kier alpha value is -0.570. The van der Waals surface area contributed by atoms with Crippen LogP contribution >= 0.6 is 0 Å². The van der Waals surface area contributed by atoms with Crippen LogP contribution < -0.4 is 5.73 Å². The maximum Gasteiger partial charge on any atom is 0.307 e. The van der Waals surface area contributed by atoms with Crippen LogP contribution in [0.3, 0.4) is 0 Å². The van der Waals surface area contributed by atoms with Gasteiger partial charge in [0.1, 0.15) is 0 Å². The number of hydrogen-bond acceptors (Lipinski definition) is 3. The molecule has 0 fully saturated rings. The van der Waals surface area contributed by atoms with Crippen LogP contribution in [-0.2, 0) is 9.53 Å². The zero-order valence-electron chi connectivity index (χ0n) is 13.0. The quantitative estimate of drug-likeness (QED) is 0.406. The van der Waals surface area contributed by atoms with Gasteiger partial charge in [-0.1, -0.05) is 58.8 Å². The number of rotatable bonds is 13. The molecular formula is C16H33NO2. The fraction of sp³-hybridized carbons (Fsp3) is 0.938. The van der Waals surface area contributed by atoms with Crippen LogP contribution in [0, 0.1) is 5.92 Å². The summed E-state index contributed by atoms with van der Waals surface area (Å²) in [6, 6.07) is 0. The molecule has 0 spiro atoms. The van der Waals surface area contributed by atoms with Gasteiger partial charge in [0.05, 0.1) is 13.0 Å². The molecule has 0 aromatic rings. The van der Waals surface area contributed by atoms with E-state index < -0.39 is 0 Å². The van der Waals surface area contributed by atoms with Gasteiger partial charge in [-0.15, -0.1) is 0 Å². The van der Waals surface area contributed by atoms with E-state index in [2.05, 4.69) is 13.8 Å². The Labute approximate surface area is 119 Å². The van der Waals surface area contributed by atoms with Gasteiger partial charge in [0.2, 0.25) is 0 Å². The Morgan fingerprint density at radius 1 is 1.00 bits per heavy atom. The first-order chi connectivity index (χ1) is 9.24. The van der Waals surface area contributed by atoms with Crippen molar-refractivity contribution in [1.82, 2.24) is 0 Å². The fourth-order valence-corrected chi connectivity index (χ4v) is 2.25. The summed E-state index contributed by atoms with van der Waals surface area (Å²) in [5.41, 5.74) is 5.35. The number of unbranched alkanes of at least 4 members (excludes halogenated alkanes) is 5. The second-order valence-corrected chi connectivity index (χ2v) is 5.43. The van der Waals surface area contributed by atoms with Crippen LogP contribution in [-0.4, -0.2) is 19.1 Å². The molecule has 0 aromatic heterocycles. The summed E-state index contributed by atoms with van der Waals surface area (Å²) in [5, 5.41) is 0. The summed E-state index contributed by atoms with van der Waals surface area (Å²) in [7, 11) is 0. The van der Waals surface area contributed by atoms with Crippen LogP contribution in [0.4, 0.5) is 0 Å². The van der Waals surface area contributed by atoms with E-state index in [1.54, 1.807) is 0 Å². The first kappa shape index (κ1) is 18.4. The number of carbonyl (C=O) groups is 1. The van der Waals surface area contributed by atoms with Gasteiger partial charge in [-0.25, -0.2) is 0 Å². The Bertz CT molecular complexity index is 207. The molecule has 1 atom stereocenters. The molecule has 0 aliphatic rings. The minimum Gasteiger partial charge on any atom is -0.465 e. The van der Waals surface area contributed by atoms with E-state index in [-0.39, 0.29) is 5.97 Å². The second kappa shape index (κ2) is 13.9. The van der Waals surface area contributed by atoms with Crippen molar-refractivity contribution in [2.45, 2.75) is 78.1 Å². The van der Waals surface area contributed by atoms with E-state index in [1.807, 2.05) is 0 Å². The maximum absolute atomic E-state index is 11.4. The smallest absolute Gasteiger partial charge is 0.307 e. The van der Waals surface area contributed by atoms with Crippen molar-refractivity contribution in [2.24, 2.45) is 11.7 Å². The van der Waals surface area contributed by atoms with Crippen molar-refractivity contribution in [3.05, 3.63) is 0 Å². The number of ether oxygens (including phenoxy) is 1. The third kappa shape index (κ3) is 12.2. The van der Waals surface area contributed by atoms with Crippen LogP contribution in [0.1, 0.15) is 78.1 Å². The van der Waals surface area contributed by atoms with Crippen molar-refractivity contribution in [1.29, 1.82) is 0 Å². The van der Waals surface area contributed by atoms with E-state index in [1.165, 1.54) is 57.8 Å². The molecule has 1 unspecified atom stereocenters. The highest BCUT2D eigenvalue weighted by molar-refractivity contribution is 5.69. The lowest BCUT2D eigenvalue weighted by Crippen LogP contribution is -2.17. The van der Waals surface area contributed by atoms with E-state index in [9.17, 15) is 4.79 Å². The highest BCUT2D eigenvalue weighted by Crippen LogP contribution is 2.18. The van der Waals surface area contributed by atoms with Crippen molar-refractivity contribution in [3.8, 4) is 0 Å². The summed E-state index contributed by atoms with van der Waals surface area (Å²) in [5.74, 6) is 0.404. The van der Waals surface area contributed by atoms with Crippen molar-refractivity contribution in [2.75, 3.05) is 13.2 Å². The summed E-state index contributed by atoms with van der Waals surface area (Å²) < 4.78 is 5.31. The summed E-state index contributed by atoms with van der Waals surface area (Å²) in [4.78, 5) is 11.4. The molecule has 0 aliphatic carbocycles. The topological polar surface area (TPSA) is 52.3 Å². The molecule has 0 saturated carbocycles. The van der Waals surface area contributed by atoms with Gasteiger partial charge in [0.15, 0.2) is 0 Å². The van der Waals surface area contributed by atoms with Crippen LogP contribution in [0.15, 0.2) is 0 Å². The Morgan fingerprint density at radius 2 is 1.58 bits per heavy atom. The predicted octanol–water partition coefficient (Wildman–Crippen LogP) is 4.05. The van der Waals surface area contributed by atoms with Crippen LogP contribution in [0.2, 0.25) is 0 Å². The molecule has 0 bridgehead atoms. The summed E-state index contributed by atoms with van der Waals surface area (Å²) >= 11 is 0. The molecule has 3 nitrogen and oxygen atoms in total. The average molecular weight is 271 g/mol. The zero-order chi connectivity index (χ0) is 14.3. The van der Waals surface area contributed by atoms with E-state index in [4.69, 9.17) is 10.5 Å². The Balaban J connectivity index is 3.84. The molecule has 0 radical (unpaired) electrons. The van der Waals surface area contributed by atoms with E-state index in [0.717, 1.165) is 0 Å². The SMILES string of the molecule is CCCCCCC(CCCCC)COC(=O)CCN. The van der Waals surface area contributed by atoms with Gasteiger partial charge in [-0.05, 0) is 18.8 Å². The van der Waals surface area contributed by atoms with Crippen LogP contribution in [0.25, 0.3) is 0 Å². The molecule has 0 amide bonds. The Morgan fingerprint density at radius 3 is 2.16 bits per heavy atom. The van der Waals surface area contributed by atoms with E-state index in [0.29, 0.717) is 25.5 Å². The molecule has 19 heavy (non-hydrogen) atoms. The monoisotopic (exact) mass is 271 g/mol. The normalized spacial score (nSPS) is 12.4. The molecule has 0 saturated heterocycles. The number of esters is 1. The molecule has 0 aromatic carbocycles. The molecule has 0 rings (SSSR count). The standard InChI is InChI=1S/C16H33NO2/c1-3-5-7-9-11-15(10-8-6-4-2)14-19-16(18)12-13-17/h15H,3-14,17H2,1-2H3. The molecular weight excluding hydrogens is 238 g/mol. The van der Waals surface area contributed by atoms with Crippen molar-refractivity contribution in [3.63, 3.8) is 0 Å². The maximum atomic E-state index is 11.4. The van der Waals surface area contributed by atoms with Gasteiger partial charge in [-0.2, -0.15) is 0 Å². The average Bonchev–Trinajstić information content (AvgIpc) is 2.40. The highest BCUT2D eigenvalue weighted by Gasteiger charge is 2.11. The van der Waals surface area contributed by atoms with Crippen molar-refractivity contribution < 1.29 is 9.53 Å². The molecule has 0 aliphatic heterocycles. The highest BCUT2D eigenvalue weighted by atomic mass is 16.5. The predicted molar refractivity (Wildman–Crippen MR) is 81.0 cm³/mol. The fourth-order valence-electron chi connectivity index (χ4n) is 2.25.